The Hall–Kier alpha value is -2.37. The Morgan fingerprint density at radius 1 is 1.42 bits per heavy atom. The molecule has 0 aliphatic carbocycles. The van der Waals surface area contributed by atoms with Gasteiger partial charge < -0.3 is 14.2 Å². The normalized spacial score (nSPS) is 15.1. The molecule has 6 nitrogen and oxygen atoms in total. The fourth-order valence-corrected chi connectivity index (χ4v) is 2.11. The van der Waals surface area contributed by atoms with Crippen molar-refractivity contribution in [2.75, 3.05) is 20.2 Å². The number of imidazole rings is 1. The van der Waals surface area contributed by atoms with Gasteiger partial charge in [-0.25, -0.2) is 9.97 Å². The molecule has 0 aromatic carbocycles. The molecule has 1 saturated heterocycles. The average molecular weight is 258 g/mol. The number of aromatic nitrogens is 3. The lowest BCUT2D eigenvalue weighted by Crippen LogP contribution is -2.50. The van der Waals surface area contributed by atoms with Crippen molar-refractivity contribution < 1.29 is 9.53 Å². The van der Waals surface area contributed by atoms with Crippen LogP contribution in [0.4, 0.5) is 0 Å². The molecule has 98 valence electrons. The third-order valence-electron chi connectivity index (χ3n) is 3.29. The topological polar surface area (TPSA) is 60.2 Å². The summed E-state index contributed by atoms with van der Waals surface area (Å²) in [7, 11) is 1.55. The van der Waals surface area contributed by atoms with Crippen LogP contribution >= 0.6 is 0 Å². The van der Waals surface area contributed by atoms with Gasteiger partial charge in [-0.1, -0.05) is 0 Å². The van der Waals surface area contributed by atoms with Crippen LogP contribution in [0.25, 0.3) is 0 Å². The zero-order valence-electron chi connectivity index (χ0n) is 10.6. The minimum absolute atomic E-state index is 0.00604. The Kier molecular flexibility index (Phi) is 2.91. The maximum atomic E-state index is 12.2. The van der Waals surface area contributed by atoms with E-state index in [1.807, 2.05) is 10.8 Å². The van der Waals surface area contributed by atoms with Gasteiger partial charge in [-0.15, -0.1) is 0 Å². The SMILES string of the molecule is COc1ccc(C(=O)N2CC(n3ccnc3)C2)cn1. The Morgan fingerprint density at radius 3 is 2.84 bits per heavy atom. The van der Waals surface area contributed by atoms with Gasteiger partial charge in [0.1, 0.15) is 0 Å². The standard InChI is InChI=1S/C13H14N4O2/c1-19-12-3-2-10(6-15-12)13(18)17-7-11(8-17)16-5-4-14-9-16/h2-6,9,11H,7-8H2,1H3. The van der Waals surface area contributed by atoms with Crippen molar-refractivity contribution in [2.24, 2.45) is 0 Å². The highest BCUT2D eigenvalue weighted by Gasteiger charge is 2.32. The molecular weight excluding hydrogens is 244 g/mol. The first-order chi connectivity index (χ1) is 9.28. The van der Waals surface area contributed by atoms with E-state index >= 15 is 0 Å². The summed E-state index contributed by atoms with van der Waals surface area (Å²) in [6.45, 7) is 1.42. The lowest BCUT2D eigenvalue weighted by molar-refractivity contribution is 0.0520. The number of amides is 1. The number of nitrogens with zero attached hydrogens (tertiary/aromatic N) is 4. The van der Waals surface area contributed by atoms with Crippen molar-refractivity contribution in [3.05, 3.63) is 42.6 Å². The summed E-state index contributed by atoms with van der Waals surface area (Å²) >= 11 is 0. The molecular formula is C13H14N4O2. The molecule has 2 aromatic heterocycles. The molecule has 3 heterocycles. The van der Waals surface area contributed by atoms with E-state index in [4.69, 9.17) is 4.74 Å². The summed E-state index contributed by atoms with van der Waals surface area (Å²) in [4.78, 5) is 22.0. The van der Waals surface area contributed by atoms with Crippen LogP contribution in [0.1, 0.15) is 16.4 Å². The molecule has 1 amide bonds. The number of ether oxygens (including phenoxy) is 1. The Bertz CT molecular complexity index is 559. The van der Waals surface area contributed by atoms with E-state index in [9.17, 15) is 4.79 Å². The lowest BCUT2D eigenvalue weighted by Gasteiger charge is -2.39. The summed E-state index contributed by atoms with van der Waals surface area (Å²) in [5, 5.41) is 0. The van der Waals surface area contributed by atoms with Crippen LogP contribution in [0.5, 0.6) is 5.88 Å². The smallest absolute Gasteiger partial charge is 0.255 e. The third-order valence-corrected chi connectivity index (χ3v) is 3.29. The van der Waals surface area contributed by atoms with Gasteiger partial charge in [-0.2, -0.15) is 0 Å². The number of carbonyl (C=O) groups excluding carboxylic acids is 1. The predicted molar refractivity (Wildman–Crippen MR) is 68.0 cm³/mol. The van der Waals surface area contributed by atoms with Crippen molar-refractivity contribution in [1.29, 1.82) is 0 Å². The number of carbonyl (C=O) groups is 1. The van der Waals surface area contributed by atoms with Gasteiger partial charge in [0.05, 0.1) is 25.0 Å². The highest BCUT2D eigenvalue weighted by molar-refractivity contribution is 5.94. The molecule has 19 heavy (non-hydrogen) atoms. The second-order valence-electron chi connectivity index (χ2n) is 4.46. The van der Waals surface area contributed by atoms with Crippen molar-refractivity contribution in [1.82, 2.24) is 19.4 Å². The predicted octanol–water partition coefficient (Wildman–Crippen LogP) is 0.984. The molecule has 6 heteroatoms. The lowest BCUT2D eigenvalue weighted by atomic mass is 10.1. The first kappa shape index (κ1) is 11.7. The average Bonchev–Trinajstić information content (AvgIpc) is 2.91. The molecule has 0 radical (unpaired) electrons. The highest BCUT2D eigenvalue weighted by atomic mass is 16.5. The number of rotatable bonds is 3. The Labute approximate surface area is 110 Å². The number of hydrogen-bond acceptors (Lipinski definition) is 4. The summed E-state index contributed by atoms with van der Waals surface area (Å²) < 4.78 is 6.99. The highest BCUT2D eigenvalue weighted by Crippen LogP contribution is 2.23. The van der Waals surface area contributed by atoms with E-state index in [-0.39, 0.29) is 5.91 Å². The zero-order chi connectivity index (χ0) is 13.2. The van der Waals surface area contributed by atoms with E-state index in [0.29, 0.717) is 30.6 Å². The molecule has 3 rings (SSSR count). The van der Waals surface area contributed by atoms with Crippen LogP contribution in [0.3, 0.4) is 0 Å². The number of hydrogen-bond donors (Lipinski definition) is 0. The Balaban J connectivity index is 1.63. The maximum absolute atomic E-state index is 12.2. The van der Waals surface area contributed by atoms with Gasteiger partial charge in [0, 0.05) is 37.7 Å². The fraction of sp³-hybridized carbons (Fsp3) is 0.308. The maximum Gasteiger partial charge on any atom is 0.255 e. The molecule has 0 spiro atoms. The van der Waals surface area contributed by atoms with E-state index in [2.05, 4.69) is 9.97 Å². The number of methoxy groups -OCH3 is 1. The molecule has 0 N–H and O–H groups in total. The minimum atomic E-state index is 0.00604. The first-order valence-corrected chi connectivity index (χ1v) is 6.04. The van der Waals surface area contributed by atoms with Crippen LogP contribution in [-0.2, 0) is 0 Å². The van der Waals surface area contributed by atoms with Gasteiger partial charge in [0.15, 0.2) is 0 Å². The van der Waals surface area contributed by atoms with Crippen molar-refractivity contribution in [3.8, 4) is 5.88 Å². The van der Waals surface area contributed by atoms with Crippen molar-refractivity contribution >= 4 is 5.91 Å². The number of pyridine rings is 1. The van der Waals surface area contributed by atoms with Crippen LogP contribution < -0.4 is 4.74 Å². The van der Waals surface area contributed by atoms with E-state index in [1.54, 1.807) is 42.9 Å². The van der Waals surface area contributed by atoms with Gasteiger partial charge in [0.25, 0.3) is 5.91 Å². The molecule has 2 aromatic rings. The summed E-state index contributed by atoms with van der Waals surface area (Å²) in [6, 6.07) is 3.76. The van der Waals surface area contributed by atoms with E-state index < -0.39 is 0 Å². The van der Waals surface area contributed by atoms with Gasteiger partial charge in [-0.05, 0) is 6.07 Å². The molecule has 1 fully saturated rings. The summed E-state index contributed by atoms with van der Waals surface area (Å²) in [6.07, 6.45) is 6.99. The molecule has 0 atom stereocenters. The monoisotopic (exact) mass is 258 g/mol. The zero-order valence-corrected chi connectivity index (χ0v) is 10.6. The summed E-state index contributed by atoms with van der Waals surface area (Å²) in [5.41, 5.74) is 0.588. The molecule has 0 unspecified atom stereocenters. The Morgan fingerprint density at radius 2 is 2.26 bits per heavy atom. The largest absolute Gasteiger partial charge is 0.481 e. The quantitative estimate of drug-likeness (QED) is 0.823. The number of likely N-dealkylation sites (tertiary alicyclic amines) is 1. The summed E-state index contributed by atoms with van der Waals surface area (Å²) in [5.74, 6) is 0.517. The van der Waals surface area contributed by atoms with E-state index in [0.717, 1.165) is 0 Å². The fourth-order valence-electron chi connectivity index (χ4n) is 2.11. The minimum Gasteiger partial charge on any atom is -0.481 e. The van der Waals surface area contributed by atoms with Gasteiger partial charge in [0.2, 0.25) is 5.88 Å². The van der Waals surface area contributed by atoms with Crippen LogP contribution in [-0.4, -0.2) is 45.5 Å². The van der Waals surface area contributed by atoms with Gasteiger partial charge >= 0.3 is 0 Å². The molecule has 1 aliphatic rings. The molecule has 0 bridgehead atoms. The van der Waals surface area contributed by atoms with Gasteiger partial charge in [-0.3, -0.25) is 4.79 Å². The molecule has 0 saturated carbocycles. The second kappa shape index (κ2) is 4.72. The first-order valence-electron chi connectivity index (χ1n) is 6.04. The van der Waals surface area contributed by atoms with Crippen molar-refractivity contribution in [2.45, 2.75) is 6.04 Å². The third kappa shape index (κ3) is 2.16. The second-order valence-corrected chi connectivity index (χ2v) is 4.46. The van der Waals surface area contributed by atoms with Crippen LogP contribution in [0, 0.1) is 0 Å². The van der Waals surface area contributed by atoms with Crippen LogP contribution in [0.15, 0.2) is 37.1 Å². The van der Waals surface area contributed by atoms with Crippen LogP contribution in [0.2, 0.25) is 0 Å². The molecule has 1 aliphatic heterocycles. The van der Waals surface area contributed by atoms with E-state index in [1.165, 1.54) is 0 Å². The van der Waals surface area contributed by atoms with Crippen molar-refractivity contribution in [3.63, 3.8) is 0 Å².